The van der Waals surface area contributed by atoms with Crippen molar-refractivity contribution in [2.45, 2.75) is 11.8 Å². The second-order valence-corrected chi connectivity index (χ2v) is 5.44. The average Bonchev–Trinajstić information content (AvgIpc) is 2.98. The molecule has 1 aliphatic heterocycles. The van der Waals surface area contributed by atoms with Gasteiger partial charge in [0, 0.05) is 23.7 Å². The van der Waals surface area contributed by atoms with Crippen molar-refractivity contribution in [3.8, 4) is 0 Å². The summed E-state index contributed by atoms with van der Waals surface area (Å²) in [6.45, 7) is 1.34. The van der Waals surface area contributed by atoms with Crippen LogP contribution in [0.2, 0.25) is 0 Å². The van der Waals surface area contributed by atoms with E-state index in [2.05, 4.69) is 15.5 Å². The Bertz CT molecular complexity index is 720. The third-order valence-electron chi connectivity index (χ3n) is 2.75. The smallest absolute Gasteiger partial charge is 0.329 e. The van der Waals surface area contributed by atoms with Crippen LogP contribution in [0.3, 0.4) is 0 Å². The summed E-state index contributed by atoms with van der Waals surface area (Å²) in [4.78, 5) is 25.4. The Kier molecular flexibility index (Phi) is 3.79. The molecule has 6 heteroatoms. The number of H-pyrrole nitrogens is 1. The number of hydrogen-bond donors (Lipinski definition) is 2. The first-order valence-corrected chi connectivity index (χ1v) is 7.18. The number of amidine groups is 1. The second-order valence-electron chi connectivity index (χ2n) is 4.36. The number of carbonyl (C=O) groups excluding carboxylic acids is 1. The van der Waals surface area contributed by atoms with Crippen molar-refractivity contribution in [1.29, 1.82) is 0 Å². The van der Waals surface area contributed by atoms with Gasteiger partial charge in [-0.15, -0.1) is 0 Å². The first kappa shape index (κ1) is 13.5. The number of rotatable bonds is 1. The fourth-order valence-electron chi connectivity index (χ4n) is 1.84. The van der Waals surface area contributed by atoms with Crippen LogP contribution in [0.5, 0.6) is 0 Å². The van der Waals surface area contributed by atoms with Crippen LogP contribution in [0.4, 0.5) is 5.69 Å². The van der Waals surface area contributed by atoms with Crippen LogP contribution in [-0.2, 0) is 9.63 Å². The summed E-state index contributed by atoms with van der Waals surface area (Å²) in [5, 5.41) is 0. The van der Waals surface area contributed by atoms with Gasteiger partial charge >= 0.3 is 5.97 Å². The maximum atomic E-state index is 11.0. The zero-order valence-electron chi connectivity index (χ0n) is 11.3. The topological polar surface area (TPSA) is 66.5 Å². The Morgan fingerprint density at radius 3 is 2.95 bits per heavy atom. The molecule has 5 nitrogen and oxygen atoms in total. The van der Waals surface area contributed by atoms with Crippen LogP contribution < -0.4 is 5.48 Å². The maximum absolute atomic E-state index is 11.0. The zero-order chi connectivity index (χ0) is 14.7. The molecule has 0 atom stereocenters. The van der Waals surface area contributed by atoms with Crippen LogP contribution in [0.1, 0.15) is 12.6 Å². The maximum Gasteiger partial charge on any atom is 0.329 e. The normalized spacial score (nSPS) is 15.3. The number of nitrogens with one attached hydrogen (secondary N) is 2. The quantitative estimate of drug-likeness (QED) is 0.793. The summed E-state index contributed by atoms with van der Waals surface area (Å²) in [6.07, 6.45) is 3.81. The zero-order valence-corrected chi connectivity index (χ0v) is 12.1. The fourth-order valence-corrected chi connectivity index (χ4v) is 2.82. The Hall–Kier alpha value is -2.47. The van der Waals surface area contributed by atoms with Gasteiger partial charge in [-0.1, -0.05) is 23.9 Å². The summed E-state index contributed by atoms with van der Waals surface area (Å²) in [5.74, 6) is 0.101. The van der Waals surface area contributed by atoms with Gasteiger partial charge in [0.15, 0.2) is 5.84 Å². The molecule has 1 aromatic heterocycles. The monoisotopic (exact) mass is 299 g/mol. The Balaban J connectivity index is 1.96. The van der Waals surface area contributed by atoms with E-state index in [1.54, 1.807) is 11.8 Å². The van der Waals surface area contributed by atoms with E-state index >= 15 is 0 Å². The van der Waals surface area contributed by atoms with E-state index in [-0.39, 0.29) is 0 Å². The van der Waals surface area contributed by atoms with Crippen LogP contribution in [0.15, 0.2) is 57.4 Å². The number of para-hydroxylation sites is 1. The predicted octanol–water partition coefficient (Wildman–Crippen LogP) is 3.26. The average molecular weight is 299 g/mol. The number of hydroxylamine groups is 1. The number of nitrogens with zero attached hydrogens (tertiary/aromatic N) is 1. The lowest BCUT2D eigenvalue weighted by molar-refractivity contribution is -0.145. The van der Waals surface area contributed by atoms with Crippen molar-refractivity contribution < 1.29 is 9.63 Å². The molecule has 0 fully saturated rings. The molecule has 1 aromatic carbocycles. The fraction of sp³-hybridized carbons (Fsp3) is 0.0667. The van der Waals surface area contributed by atoms with Gasteiger partial charge in [-0.05, 0) is 30.3 Å². The van der Waals surface area contributed by atoms with Crippen LogP contribution in [-0.4, -0.2) is 16.8 Å². The molecule has 0 aliphatic carbocycles. The molecule has 2 aromatic rings. The van der Waals surface area contributed by atoms with Gasteiger partial charge in [0.2, 0.25) is 0 Å². The first-order valence-electron chi connectivity index (χ1n) is 6.37. The van der Waals surface area contributed by atoms with Crippen molar-refractivity contribution in [3.63, 3.8) is 0 Å². The third kappa shape index (κ3) is 3.17. The lowest BCUT2D eigenvalue weighted by Crippen LogP contribution is -2.27. The Morgan fingerprint density at radius 1 is 1.33 bits per heavy atom. The van der Waals surface area contributed by atoms with Crippen LogP contribution in [0, 0.1) is 0 Å². The number of thioether (sulfide) groups is 1. The van der Waals surface area contributed by atoms with Crippen molar-refractivity contribution in [1.82, 2.24) is 10.5 Å². The minimum atomic E-state index is -0.416. The Morgan fingerprint density at radius 2 is 2.19 bits per heavy atom. The molecule has 2 heterocycles. The van der Waals surface area contributed by atoms with Crippen LogP contribution >= 0.6 is 11.8 Å². The predicted molar refractivity (Wildman–Crippen MR) is 83.1 cm³/mol. The van der Waals surface area contributed by atoms with Crippen molar-refractivity contribution in [3.05, 3.63) is 53.2 Å². The summed E-state index contributed by atoms with van der Waals surface area (Å²) < 4.78 is 0. The highest BCUT2D eigenvalue weighted by atomic mass is 32.2. The van der Waals surface area contributed by atoms with Crippen LogP contribution in [0.25, 0.3) is 6.08 Å². The van der Waals surface area contributed by atoms with E-state index in [0.717, 1.165) is 21.2 Å². The molecule has 1 aliphatic rings. The summed E-state index contributed by atoms with van der Waals surface area (Å²) in [6, 6.07) is 11.7. The van der Waals surface area contributed by atoms with Gasteiger partial charge in [-0.3, -0.25) is 4.79 Å². The molecular formula is C15H13N3O2S. The van der Waals surface area contributed by atoms with Crippen molar-refractivity contribution in [2.75, 3.05) is 0 Å². The molecule has 0 amide bonds. The first-order chi connectivity index (χ1) is 10.2. The molecule has 0 saturated heterocycles. The van der Waals surface area contributed by atoms with Gasteiger partial charge < -0.3 is 9.82 Å². The molecule has 0 spiro atoms. The van der Waals surface area contributed by atoms with Crippen molar-refractivity contribution >= 4 is 35.3 Å². The number of aromatic amines is 1. The van der Waals surface area contributed by atoms with Gasteiger partial charge in [0.25, 0.3) is 0 Å². The highest BCUT2D eigenvalue weighted by Crippen LogP contribution is 2.40. The number of benzene rings is 1. The van der Waals surface area contributed by atoms with E-state index in [1.165, 1.54) is 6.92 Å². The summed E-state index contributed by atoms with van der Waals surface area (Å²) >= 11 is 1.57. The minimum Gasteiger partial charge on any atom is -0.362 e. The van der Waals surface area contributed by atoms with Gasteiger partial charge in [0.05, 0.1) is 10.6 Å². The lowest BCUT2D eigenvalue weighted by Gasteiger charge is -2.18. The van der Waals surface area contributed by atoms with E-state index < -0.39 is 5.97 Å². The van der Waals surface area contributed by atoms with E-state index in [0.29, 0.717) is 5.84 Å². The number of aromatic nitrogens is 1. The molecule has 3 rings (SSSR count). The molecule has 21 heavy (non-hydrogen) atoms. The standard InChI is InChI=1S/C15H13N3O2S/c1-10(19)20-18-15-14(9-11-5-4-8-16-11)21-13-7-3-2-6-12(13)17-15/h2-9,16H,1H3,(H,17,18). The SMILES string of the molecule is CC(=O)ONC1=Nc2ccccc2SC1=Cc1ccc[nH]1. The minimum absolute atomic E-state index is 0.416. The number of carbonyl (C=O) groups is 1. The highest BCUT2D eigenvalue weighted by molar-refractivity contribution is 8.04. The molecule has 0 bridgehead atoms. The molecule has 0 unspecified atom stereocenters. The largest absolute Gasteiger partial charge is 0.362 e. The number of fused-ring (bicyclic) bond motifs is 1. The summed E-state index contributed by atoms with van der Waals surface area (Å²) in [7, 11) is 0. The number of hydrogen-bond acceptors (Lipinski definition) is 5. The number of aliphatic imine (C=N–C) groups is 1. The van der Waals surface area contributed by atoms with E-state index in [4.69, 9.17) is 4.84 Å². The van der Waals surface area contributed by atoms with Crippen molar-refractivity contribution in [2.24, 2.45) is 4.99 Å². The second kappa shape index (κ2) is 5.88. The lowest BCUT2D eigenvalue weighted by atomic mass is 10.3. The van der Waals surface area contributed by atoms with Gasteiger partial charge in [-0.2, -0.15) is 5.48 Å². The molecule has 106 valence electrons. The van der Waals surface area contributed by atoms with E-state index in [1.807, 2.05) is 48.7 Å². The molecule has 0 saturated carbocycles. The third-order valence-corrected chi connectivity index (χ3v) is 3.85. The molecule has 2 N–H and O–H groups in total. The van der Waals surface area contributed by atoms with Gasteiger partial charge in [-0.25, -0.2) is 4.99 Å². The summed E-state index contributed by atoms with van der Waals surface area (Å²) in [5.41, 5.74) is 4.42. The molecular weight excluding hydrogens is 286 g/mol. The Labute approximate surface area is 126 Å². The van der Waals surface area contributed by atoms with Gasteiger partial charge in [0.1, 0.15) is 0 Å². The van der Waals surface area contributed by atoms with E-state index in [9.17, 15) is 4.79 Å². The molecule has 0 radical (unpaired) electrons. The highest BCUT2D eigenvalue weighted by Gasteiger charge is 2.18.